The molecule has 2 aromatic heterocycles. The van der Waals surface area contributed by atoms with E-state index < -0.39 is 18.4 Å². The highest BCUT2D eigenvalue weighted by molar-refractivity contribution is 9.10. The number of hydrogen-bond donors (Lipinski definition) is 3. The Morgan fingerprint density at radius 3 is 3.00 bits per heavy atom. The molecule has 102 valence electrons. The van der Waals surface area contributed by atoms with Gasteiger partial charge >= 0.3 is 0 Å². The molecule has 1 aliphatic rings. The first-order valence-corrected chi connectivity index (χ1v) is 6.49. The number of hydrogen-bond acceptors (Lipinski definition) is 7. The number of nitrogen functional groups attached to an aromatic ring is 1. The van der Waals surface area contributed by atoms with Gasteiger partial charge in [0, 0.05) is 6.42 Å². The number of imidazole rings is 1. The summed E-state index contributed by atoms with van der Waals surface area (Å²) < 4.78 is 7.77. The standard InChI is InChI=1S/C10H12BrN5O3/c11-10-15-7-8(12)13-3-14-9(7)16(10)6-1-4(18)5(2-17)19-6/h3-6,17-18H,1-2H2,(H2,12,13,14)/t4-,5+,6-/m1/s1. The predicted molar refractivity (Wildman–Crippen MR) is 69.1 cm³/mol. The van der Waals surface area contributed by atoms with Crippen molar-refractivity contribution in [1.82, 2.24) is 19.5 Å². The van der Waals surface area contributed by atoms with Crippen LogP contribution < -0.4 is 5.73 Å². The third-order valence-corrected chi connectivity index (χ3v) is 3.69. The fourth-order valence-electron chi connectivity index (χ4n) is 2.19. The molecule has 0 aliphatic carbocycles. The van der Waals surface area contributed by atoms with E-state index in [0.717, 1.165) is 0 Å². The van der Waals surface area contributed by atoms with Crippen LogP contribution in [-0.2, 0) is 4.74 Å². The Hall–Kier alpha value is -1.29. The van der Waals surface area contributed by atoms with E-state index in [2.05, 4.69) is 30.9 Å². The number of halogens is 1. The maximum absolute atomic E-state index is 9.78. The molecule has 1 saturated heterocycles. The van der Waals surface area contributed by atoms with Crippen molar-refractivity contribution >= 4 is 32.9 Å². The van der Waals surface area contributed by atoms with Crippen molar-refractivity contribution in [3.05, 3.63) is 11.1 Å². The van der Waals surface area contributed by atoms with Gasteiger partial charge in [-0.1, -0.05) is 0 Å². The molecule has 0 amide bonds. The molecular formula is C10H12BrN5O3. The SMILES string of the molecule is Nc1ncnc2c1nc(Br)n2[C@H]1C[C@@H](O)[C@H](CO)O1. The monoisotopic (exact) mass is 329 g/mol. The number of aliphatic hydroxyl groups is 2. The molecule has 1 aliphatic heterocycles. The predicted octanol–water partition coefficient (Wildman–Crippen LogP) is -0.188. The molecule has 3 rings (SSSR count). The van der Waals surface area contributed by atoms with Crippen LogP contribution in [0.4, 0.5) is 5.82 Å². The van der Waals surface area contributed by atoms with E-state index in [-0.39, 0.29) is 12.4 Å². The number of anilines is 1. The van der Waals surface area contributed by atoms with Gasteiger partial charge in [-0.15, -0.1) is 0 Å². The van der Waals surface area contributed by atoms with Crippen LogP contribution in [0.3, 0.4) is 0 Å². The highest BCUT2D eigenvalue weighted by Gasteiger charge is 2.36. The Morgan fingerprint density at radius 1 is 1.53 bits per heavy atom. The molecule has 2 aromatic rings. The van der Waals surface area contributed by atoms with Crippen LogP contribution in [0.25, 0.3) is 11.2 Å². The van der Waals surface area contributed by atoms with Crippen molar-refractivity contribution < 1.29 is 14.9 Å². The summed E-state index contributed by atoms with van der Waals surface area (Å²) in [6, 6.07) is 0. The van der Waals surface area contributed by atoms with Gasteiger partial charge in [-0.2, -0.15) is 0 Å². The fraction of sp³-hybridized carbons (Fsp3) is 0.500. The van der Waals surface area contributed by atoms with Crippen LogP contribution in [-0.4, -0.2) is 48.5 Å². The highest BCUT2D eigenvalue weighted by Crippen LogP contribution is 2.34. The Kier molecular flexibility index (Phi) is 3.13. The highest BCUT2D eigenvalue weighted by atomic mass is 79.9. The van der Waals surface area contributed by atoms with Crippen LogP contribution in [0.1, 0.15) is 12.6 Å². The summed E-state index contributed by atoms with van der Waals surface area (Å²) in [5.41, 5.74) is 6.74. The minimum absolute atomic E-state index is 0.237. The number of nitrogens with two attached hydrogens (primary N) is 1. The van der Waals surface area contributed by atoms with Gasteiger partial charge in [0.1, 0.15) is 18.7 Å². The number of nitrogens with zero attached hydrogens (tertiary/aromatic N) is 4. The topological polar surface area (TPSA) is 119 Å². The van der Waals surface area contributed by atoms with Crippen molar-refractivity contribution in [3.8, 4) is 0 Å². The number of aromatic nitrogens is 4. The van der Waals surface area contributed by atoms with Gasteiger partial charge in [0.05, 0.1) is 12.7 Å². The first-order valence-electron chi connectivity index (χ1n) is 5.70. The second kappa shape index (κ2) is 4.67. The molecule has 4 N–H and O–H groups in total. The summed E-state index contributed by atoms with van der Waals surface area (Å²) in [5.74, 6) is 0.279. The van der Waals surface area contributed by atoms with Gasteiger partial charge < -0.3 is 20.7 Å². The van der Waals surface area contributed by atoms with Crippen molar-refractivity contribution in [3.63, 3.8) is 0 Å². The second-order valence-electron chi connectivity index (χ2n) is 4.30. The van der Waals surface area contributed by atoms with Crippen molar-refractivity contribution in [2.75, 3.05) is 12.3 Å². The molecule has 0 radical (unpaired) electrons. The maximum atomic E-state index is 9.78. The Bertz CT molecular complexity index is 618. The molecule has 0 unspecified atom stereocenters. The zero-order chi connectivity index (χ0) is 13.6. The van der Waals surface area contributed by atoms with Gasteiger partial charge in [-0.3, -0.25) is 4.57 Å². The third-order valence-electron chi connectivity index (χ3n) is 3.13. The molecule has 0 spiro atoms. The average molecular weight is 330 g/mol. The van der Waals surface area contributed by atoms with Gasteiger partial charge in [0.2, 0.25) is 0 Å². The van der Waals surface area contributed by atoms with Crippen LogP contribution in [0.15, 0.2) is 11.1 Å². The van der Waals surface area contributed by atoms with Crippen molar-refractivity contribution in [1.29, 1.82) is 0 Å². The van der Waals surface area contributed by atoms with E-state index >= 15 is 0 Å². The van der Waals surface area contributed by atoms with Gasteiger partial charge in [-0.05, 0) is 15.9 Å². The smallest absolute Gasteiger partial charge is 0.181 e. The lowest BCUT2D eigenvalue weighted by Crippen LogP contribution is -2.24. The molecule has 3 atom stereocenters. The summed E-state index contributed by atoms with van der Waals surface area (Å²) >= 11 is 3.32. The zero-order valence-electron chi connectivity index (χ0n) is 9.77. The summed E-state index contributed by atoms with van der Waals surface area (Å²) in [7, 11) is 0. The van der Waals surface area contributed by atoms with Crippen LogP contribution in [0, 0.1) is 0 Å². The normalized spacial score (nSPS) is 27.2. The molecule has 9 heteroatoms. The number of fused-ring (bicyclic) bond motifs is 1. The number of rotatable bonds is 2. The number of aliphatic hydroxyl groups excluding tert-OH is 2. The van der Waals surface area contributed by atoms with Crippen LogP contribution >= 0.6 is 15.9 Å². The molecule has 3 heterocycles. The lowest BCUT2D eigenvalue weighted by Gasteiger charge is -2.14. The van der Waals surface area contributed by atoms with Crippen LogP contribution in [0.5, 0.6) is 0 Å². The molecule has 0 bridgehead atoms. The van der Waals surface area contributed by atoms with Gasteiger partial charge in [-0.25, -0.2) is 15.0 Å². The van der Waals surface area contributed by atoms with Crippen molar-refractivity contribution in [2.45, 2.75) is 24.9 Å². The van der Waals surface area contributed by atoms with Gasteiger partial charge in [0.15, 0.2) is 21.7 Å². The summed E-state index contributed by atoms with van der Waals surface area (Å²) in [6.45, 7) is -0.237. The van der Waals surface area contributed by atoms with E-state index in [1.165, 1.54) is 6.33 Å². The van der Waals surface area contributed by atoms with Crippen molar-refractivity contribution in [2.24, 2.45) is 0 Å². The summed E-state index contributed by atoms with van der Waals surface area (Å²) in [5, 5.41) is 18.9. The minimum Gasteiger partial charge on any atom is -0.394 e. The van der Waals surface area contributed by atoms with E-state index in [1.54, 1.807) is 4.57 Å². The largest absolute Gasteiger partial charge is 0.394 e. The second-order valence-corrected chi connectivity index (χ2v) is 5.01. The zero-order valence-corrected chi connectivity index (χ0v) is 11.4. The Balaban J connectivity index is 2.06. The third kappa shape index (κ3) is 1.98. The van der Waals surface area contributed by atoms with E-state index in [9.17, 15) is 5.11 Å². The Labute approximate surface area is 116 Å². The Morgan fingerprint density at radius 2 is 2.32 bits per heavy atom. The molecule has 0 saturated carbocycles. The number of ether oxygens (including phenoxy) is 1. The molecule has 0 aromatic carbocycles. The maximum Gasteiger partial charge on any atom is 0.181 e. The van der Waals surface area contributed by atoms with Gasteiger partial charge in [0.25, 0.3) is 0 Å². The quantitative estimate of drug-likeness (QED) is 0.653. The van der Waals surface area contributed by atoms with E-state index in [0.29, 0.717) is 22.3 Å². The molecule has 8 nitrogen and oxygen atoms in total. The van der Waals surface area contributed by atoms with E-state index in [1.807, 2.05) is 0 Å². The molecule has 19 heavy (non-hydrogen) atoms. The lowest BCUT2D eigenvalue weighted by atomic mass is 10.2. The summed E-state index contributed by atoms with van der Waals surface area (Å²) in [6.07, 6.45) is -0.0935. The first-order chi connectivity index (χ1) is 9.11. The fourth-order valence-corrected chi connectivity index (χ4v) is 2.77. The average Bonchev–Trinajstić information content (AvgIpc) is 2.90. The summed E-state index contributed by atoms with van der Waals surface area (Å²) in [4.78, 5) is 12.3. The molecule has 1 fully saturated rings. The first kappa shape index (κ1) is 12.7. The minimum atomic E-state index is -0.724. The van der Waals surface area contributed by atoms with Crippen LogP contribution in [0.2, 0.25) is 0 Å². The van der Waals surface area contributed by atoms with E-state index in [4.69, 9.17) is 15.6 Å². The molecular weight excluding hydrogens is 318 g/mol. The lowest BCUT2D eigenvalue weighted by molar-refractivity contribution is -0.0439.